The lowest BCUT2D eigenvalue weighted by atomic mass is 10.1. The minimum absolute atomic E-state index is 0.0213. The van der Waals surface area contributed by atoms with Gasteiger partial charge in [0.2, 0.25) is 13.3 Å². The molecule has 2 N–H and O–H groups in total. The number of rotatable bonds is 8. The number of hydrogen-bond donors (Lipinski definition) is 2. The first-order valence-corrected chi connectivity index (χ1v) is 13.0. The maximum Gasteiger partial charge on any atom is 0.265 e. The number of benzene rings is 2. The highest BCUT2D eigenvalue weighted by Gasteiger charge is 2.23. The smallest absolute Gasteiger partial charge is 0.265 e. The summed E-state index contributed by atoms with van der Waals surface area (Å²) >= 11 is 0. The quantitative estimate of drug-likeness (QED) is 0.349. The van der Waals surface area contributed by atoms with Gasteiger partial charge in [0.1, 0.15) is 17.2 Å². The molecule has 12 heteroatoms. The van der Waals surface area contributed by atoms with Crippen LogP contribution in [0.1, 0.15) is 22.8 Å². The van der Waals surface area contributed by atoms with E-state index >= 15 is 0 Å². The number of amides is 1. The van der Waals surface area contributed by atoms with Crippen LogP contribution in [-0.4, -0.2) is 38.9 Å². The van der Waals surface area contributed by atoms with Crippen LogP contribution >= 0.6 is 7.37 Å². The van der Waals surface area contributed by atoms with Gasteiger partial charge in [-0.25, -0.2) is 18.4 Å². The summed E-state index contributed by atoms with van der Waals surface area (Å²) < 4.78 is 47.3. The summed E-state index contributed by atoms with van der Waals surface area (Å²) in [5, 5.41) is 7.13. The zero-order valence-electron chi connectivity index (χ0n) is 19.4. The Kier molecular flexibility index (Phi) is 7.23. The second-order valence-corrected chi connectivity index (χ2v) is 10.3. The standard InChI is InChI=1S/C24H22F2N5O4P/c1-3-35-36(2,34)17-8-5-15(6-9-17)14-27-22(32)20-21(18-10-7-16(25)13-19(18)26)29-24(30-23(20)33)31-12-4-11-28-31/h4-13H,3,14H2,1-2H3,(H,27,32)(H,29,30,33)/t36-/m0/s1. The monoisotopic (exact) mass is 513 g/mol. The number of H-pyrrole nitrogens is 1. The van der Waals surface area contributed by atoms with Crippen molar-refractivity contribution >= 4 is 18.6 Å². The molecule has 0 fully saturated rings. The van der Waals surface area contributed by atoms with Gasteiger partial charge in [-0.1, -0.05) is 12.1 Å². The zero-order valence-corrected chi connectivity index (χ0v) is 20.3. The second kappa shape index (κ2) is 10.3. The lowest BCUT2D eigenvalue weighted by Crippen LogP contribution is -2.32. The first kappa shape index (κ1) is 25.2. The van der Waals surface area contributed by atoms with Crippen molar-refractivity contribution in [1.82, 2.24) is 25.1 Å². The van der Waals surface area contributed by atoms with Gasteiger partial charge in [-0.3, -0.25) is 19.1 Å². The normalized spacial score (nSPS) is 12.8. The minimum Gasteiger partial charge on any atom is -0.348 e. The van der Waals surface area contributed by atoms with Gasteiger partial charge < -0.3 is 9.84 Å². The van der Waals surface area contributed by atoms with Crippen LogP contribution < -0.4 is 16.2 Å². The molecular formula is C24H22F2N5O4P. The van der Waals surface area contributed by atoms with Crippen LogP contribution in [0.2, 0.25) is 0 Å². The van der Waals surface area contributed by atoms with Gasteiger partial charge in [0.25, 0.3) is 11.5 Å². The van der Waals surface area contributed by atoms with Gasteiger partial charge in [-0.05, 0) is 42.8 Å². The Labute approximate surface area is 204 Å². The molecule has 4 aromatic rings. The van der Waals surface area contributed by atoms with Crippen molar-refractivity contribution in [2.24, 2.45) is 0 Å². The van der Waals surface area contributed by atoms with E-state index in [9.17, 15) is 22.9 Å². The van der Waals surface area contributed by atoms with Crippen LogP contribution in [0, 0.1) is 11.6 Å². The molecule has 1 amide bonds. The first-order valence-electron chi connectivity index (χ1n) is 10.9. The van der Waals surface area contributed by atoms with E-state index in [2.05, 4.69) is 20.4 Å². The molecule has 2 aromatic carbocycles. The molecule has 186 valence electrons. The lowest BCUT2D eigenvalue weighted by Gasteiger charge is -2.14. The molecule has 1 atom stereocenters. The molecule has 2 heterocycles. The molecule has 0 bridgehead atoms. The highest BCUT2D eigenvalue weighted by molar-refractivity contribution is 7.66. The highest BCUT2D eigenvalue weighted by atomic mass is 31.2. The van der Waals surface area contributed by atoms with Gasteiger partial charge in [0.05, 0.1) is 12.3 Å². The maximum atomic E-state index is 14.6. The summed E-state index contributed by atoms with van der Waals surface area (Å²) in [6.07, 6.45) is 2.96. The van der Waals surface area contributed by atoms with Crippen molar-refractivity contribution in [1.29, 1.82) is 0 Å². The van der Waals surface area contributed by atoms with E-state index in [1.807, 2.05) is 0 Å². The molecule has 36 heavy (non-hydrogen) atoms. The first-order chi connectivity index (χ1) is 17.2. The maximum absolute atomic E-state index is 14.6. The molecule has 0 unspecified atom stereocenters. The summed E-state index contributed by atoms with van der Waals surface area (Å²) in [4.78, 5) is 32.7. The van der Waals surface area contributed by atoms with Crippen molar-refractivity contribution in [3.05, 3.63) is 94.0 Å². The fourth-order valence-corrected chi connectivity index (χ4v) is 4.86. The van der Waals surface area contributed by atoms with Crippen molar-refractivity contribution in [3.8, 4) is 17.2 Å². The molecule has 0 aliphatic carbocycles. The Morgan fingerprint density at radius 1 is 1.19 bits per heavy atom. The summed E-state index contributed by atoms with van der Waals surface area (Å²) in [6.45, 7) is 3.61. The van der Waals surface area contributed by atoms with Gasteiger partial charge in [-0.2, -0.15) is 5.10 Å². The van der Waals surface area contributed by atoms with E-state index in [4.69, 9.17) is 4.52 Å². The van der Waals surface area contributed by atoms with E-state index in [-0.39, 0.29) is 23.8 Å². The Bertz CT molecular complexity index is 1500. The van der Waals surface area contributed by atoms with Crippen LogP contribution in [0.25, 0.3) is 17.2 Å². The van der Waals surface area contributed by atoms with Gasteiger partial charge in [-0.15, -0.1) is 0 Å². The number of nitrogens with zero attached hydrogens (tertiary/aromatic N) is 3. The molecule has 0 spiro atoms. The summed E-state index contributed by atoms with van der Waals surface area (Å²) in [6, 6.07) is 11.0. The fraction of sp³-hybridized carbons (Fsp3) is 0.167. The Hall–Kier alpha value is -3.95. The lowest BCUT2D eigenvalue weighted by molar-refractivity contribution is 0.0949. The number of halogens is 2. The average Bonchev–Trinajstić information content (AvgIpc) is 3.37. The number of carbonyl (C=O) groups is 1. The van der Waals surface area contributed by atoms with Crippen LogP contribution in [0.3, 0.4) is 0 Å². The summed E-state index contributed by atoms with van der Waals surface area (Å²) in [5.74, 6) is -2.66. The largest absolute Gasteiger partial charge is 0.348 e. The predicted molar refractivity (Wildman–Crippen MR) is 130 cm³/mol. The number of nitrogens with one attached hydrogen (secondary N) is 2. The van der Waals surface area contributed by atoms with Crippen molar-refractivity contribution < 1.29 is 22.7 Å². The molecule has 0 aliphatic rings. The Morgan fingerprint density at radius 2 is 1.94 bits per heavy atom. The third kappa shape index (κ3) is 5.32. The van der Waals surface area contributed by atoms with Gasteiger partial charge in [0.15, 0.2) is 0 Å². The molecule has 0 aliphatic heterocycles. The minimum atomic E-state index is -2.94. The van der Waals surface area contributed by atoms with Crippen LogP contribution in [0.5, 0.6) is 0 Å². The van der Waals surface area contributed by atoms with Crippen LogP contribution in [-0.2, 0) is 15.6 Å². The van der Waals surface area contributed by atoms with E-state index in [1.165, 1.54) is 23.7 Å². The number of aromatic amines is 1. The van der Waals surface area contributed by atoms with Crippen LogP contribution in [0.4, 0.5) is 8.78 Å². The van der Waals surface area contributed by atoms with Crippen molar-refractivity contribution in [2.45, 2.75) is 13.5 Å². The van der Waals surface area contributed by atoms with Gasteiger partial charge >= 0.3 is 0 Å². The van der Waals surface area contributed by atoms with E-state index in [1.54, 1.807) is 37.3 Å². The summed E-state index contributed by atoms with van der Waals surface area (Å²) in [7, 11) is -2.94. The molecule has 2 aromatic heterocycles. The number of carbonyl (C=O) groups excluding carboxylic acids is 1. The highest BCUT2D eigenvalue weighted by Crippen LogP contribution is 2.40. The average molecular weight is 513 g/mol. The van der Waals surface area contributed by atoms with E-state index < -0.39 is 36.0 Å². The SMILES string of the molecule is CCO[P@](C)(=O)c1ccc(CNC(=O)c2c(-c3ccc(F)cc3F)nc(-n3cccn3)[nH]c2=O)cc1. The molecule has 0 saturated heterocycles. The molecule has 0 radical (unpaired) electrons. The molecule has 4 rings (SSSR count). The van der Waals surface area contributed by atoms with Crippen molar-refractivity contribution in [2.75, 3.05) is 13.3 Å². The Balaban J connectivity index is 1.66. The number of hydrogen-bond acceptors (Lipinski definition) is 6. The van der Waals surface area contributed by atoms with E-state index in [0.29, 0.717) is 23.5 Å². The second-order valence-electron chi connectivity index (χ2n) is 7.80. The third-order valence-electron chi connectivity index (χ3n) is 5.28. The third-order valence-corrected chi connectivity index (χ3v) is 7.26. The molecule has 9 nitrogen and oxygen atoms in total. The Morgan fingerprint density at radius 3 is 2.58 bits per heavy atom. The molecule has 0 saturated carbocycles. The topological polar surface area (TPSA) is 119 Å². The number of aromatic nitrogens is 4. The van der Waals surface area contributed by atoms with Crippen LogP contribution in [0.15, 0.2) is 65.7 Å². The zero-order chi connectivity index (χ0) is 25.9. The van der Waals surface area contributed by atoms with Crippen molar-refractivity contribution in [3.63, 3.8) is 0 Å². The summed E-state index contributed by atoms with van der Waals surface area (Å²) in [5.41, 5.74) is -1.10. The molecular weight excluding hydrogens is 491 g/mol. The van der Waals surface area contributed by atoms with E-state index in [0.717, 1.165) is 12.1 Å². The fourth-order valence-electron chi connectivity index (χ4n) is 3.53. The van der Waals surface area contributed by atoms with Gasteiger partial charge in [0, 0.05) is 42.5 Å². The predicted octanol–water partition coefficient (Wildman–Crippen LogP) is 3.40.